The molecule has 0 unspecified atom stereocenters. The van der Waals surface area contributed by atoms with Gasteiger partial charge in [-0.15, -0.1) is 0 Å². The van der Waals surface area contributed by atoms with Gasteiger partial charge < -0.3 is 5.32 Å². The van der Waals surface area contributed by atoms with Crippen LogP contribution in [0.2, 0.25) is 0 Å². The second-order valence-corrected chi connectivity index (χ2v) is 7.04. The summed E-state index contributed by atoms with van der Waals surface area (Å²) in [7, 11) is 0. The van der Waals surface area contributed by atoms with Crippen molar-refractivity contribution in [1.82, 2.24) is 5.32 Å². The Morgan fingerprint density at radius 2 is 1.45 bits per heavy atom. The van der Waals surface area contributed by atoms with Crippen LogP contribution in [-0.4, -0.2) is 12.1 Å². The minimum atomic E-state index is -0.536. The Hall–Kier alpha value is -2.11. The third-order valence-electron chi connectivity index (χ3n) is 4.41. The van der Waals surface area contributed by atoms with Gasteiger partial charge in [-0.25, -0.2) is 0 Å². The van der Waals surface area contributed by atoms with Gasteiger partial charge in [-0.05, 0) is 56.0 Å². The predicted molar refractivity (Wildman–Crippen MR) is 90.6 cm³/mol. The van der Waals surface area contributed by atoms with Crippen molar-refractivity contribution >= 4 is 0 Å². The molecule has 0 atom stereocenters. The van der Waals surface area contributed by atoms with Gasteiger partial charge in [0.25, 0.3) is 0 Å². The Balaban J connectivity index is 2.05. The molecule has 0 heterocycles. The van der Waals surface area contributed by atoms with Crippen molar-refractivity contribution in [3.8, 4) is 17.2 Å². The molecule has 0 bridgehead atoms. The van der Waals surface area contributed by atoms with Crippen LogP contribution in [0.15, 0.2) is 48.5 Å². The summed E-state index contributed by atoms with van der Waals surface area (Å²) in [5, 5.41) is 13.6. The molecule has 22 heavy (non-hydrogen) atoms. The number of hydrogen-bond acceptors (Lipinski definition) is 2. The van der Waals surface area contributed by atoms with Crippen LogP contribution in [0.4, 0.5) is 0 Å². The van der Waals surface area contributed by atoms with E-state index in [2.05, 4.69) is 68.6 Å². The molecule has 1 aliphatic carbocycles. The number of hydrogen-bond donors (Lipinski definition) is 1. The maximum Gasteiger partial charge on any atom is 0.109 e. The van der Waals surface area contributed by atoms with Crippen LogP contribution in [0, 0.1) is 11.3 Å². The summed E-state index contributed by atoms with van der Waals surface area (Å²) in [6.45, 7) is 7.29. The second-order valence-electron chi connectivity index (χ2n) is 7.04. The molecular formula is C20H22N2. The van der Waals surface area contributed by atoms with Gasteiger partial charge in [0.15, 0.2) is 0 Å². The normalized spacial score (nSPS) is 15.0. The summed E-state index contributed by atoms with van der Waals surface area (Å²) < 4.78 is 0. The summed E-state index contributed by atoms with van der Waals surface area (Å²) in [5.74, 6) is 0. The summed E-state index contributed by atoms with van der Waals surface area (Å²) in [6.07, 6.45) is 0.787. The van der Waals surface area contributed by atoms with Crippen LogP contribution in [0.3, 0.4) is 0 Å². The first-order chi connectivity index (χ1) is 10.5. The van der Waals surface area contributed by atoms with Crippen LogP contribution >= 0.6 is 0 Å². The molecule has 0 amide bonds. The van der Waals surface area contributed by atoms with Gasteiger partial charge in [0.1, 0.15) is 5.41 Å². The maximum atomic E-state index is 10.1. The Morgan fingerprint density at radius 1 is 0.955 bits per heavy atom. The van der Waals surface area contributed by atoms with E-state index < -0.39 is 5.41 Å². The fourth-order valence-electron chi connectivity index (χ4n) is 3.40. The van der Waals surface area contributed by atoms with Crippen molar-refractivity contribution in [2.75, 3.05) is 6.54 Å². The van der Waals surface area contributed by atoms with Crippen LogP contribution in [0.1, 0.15) is 38.3 Å². The highest BCUT2D eigenvalue weighted by molar-refractivity contribution is 5.82. The van der Waals surface area contributed by atoms with Crippen molar-refractivity contribution in [2.24, 2.45) is 0 Å². The Kier molecular flexibility index (Phi) is 3.54. The highest BCUT2D eigenvalue weighted by atomic mass is 14.9. The standard InChI is InChI=1S/C20H22N2/c1-19(2,3)22-13-12-20(14-21)17-10-6-4-8-15(17)16-9-5-7-11-18(16)20/h4-11,22H,12-13H2,1-3H3. The molecule has 0 aliphatic heterocycles. The van der Waals surface area contributed by atoms with Crippen molar-refractivity contribution in [2.45, 2.75) is 38.1 Å². The Bertz CT molecular complexity index is 686. The zero-order valence-corrected chi connectivity index (χ0v) is 13.5. The van der Waals surface area contributed by atoms with E-state index in [4.69, 9.17) is 0 Å². The second kappa shape index (κ2) is 5.26. The maximum absolute atomic E-state index is 10.1. The first-order valence-corrected chi connectivity index (χ1v) is 7.84. The first kappa shape index (κ1) is 14.8. The minimum Gasteiger partial charge on any atom is -0.312 e. The fraction of sp³-hybridized carbons (Fsp3) is 0.350. The molecule has 0 fully saturated rings. The van der Waals surface area contributed by atoms with Gasteiger partial charge in [0.05, 0.1) is 6.07 Å². The van der Waals surface area contributed by atoms with Crippen molar-refractivity contribution < 1.29 is 0 Å². The van der Waals surface area contributed by atoms with Gasteiger partial charge in [-0.2, -0.15) is 5.26 Å². The average Bonchev–Trinajstić information content (AvgIpc) is 2.78. The number of nitrogens with zero attached hydrogens (tertiary/aromatic N) is 1. The molecule has 2 aromatic carbocycles. The lowest BCUT2D eigenvalue weighted by Crippen LogP contribution is -2.39. The van der Waals surface area contributed by atoms with Gasteiger partial charge >= 0.3 is 0 Å². The fourth-order valence-corrected chi connectivity index (χ4v) is 3.40. The predicted octanol–water partition coefficient (Wildman–Crippen LogP) is 4.25. The quantitative estimate of drug-likeness (QED) is 0.917. The molecule has 2 heteroatoms. The molecule has 3 rings (SSSR count). The van der Waals surface area contributed by atoms with Crippen LogP contribution in [-0.2, 0) is 5.41 Å². The lowest BCUT2D eigenvalue weighted by atomic mass is 9.76. The van der Waals surface area contributed by atoms with E-state index in [0.29, 0.717) is 0 Å². The van der Waals surface area contributed by atoms with E-state index in [1.807, 2.05) is 12.1 Å². The molecule has 0 saturated carbocycles. The highest BCUT2D eigenvalue weighted by Gasteiger charge is 2.43. The van der Waals surface area contributed by atoms with Crippen molar-refractivity contribution in [3.05, 3.63) is 59.7 Å². The lowest BCUT2D eigenvalue weighted by Gasteiger charge is -2.27. The van der Waals surface area contributed by atoms with Crippen molar-refractivity contribution in [3.63, 3.8) is 0 Å². The number of nitriles is 1. The molecule has 2 aromatic rings. The molecule has 1 N–H and O–H groups in total. The third kappa shape index (κ3) is 2.32. The van der Waals surface area contributed by atoms with E-state index in [1.165, 1.54) is 11.1 Å². The molecule has 2 nitrogen and oxygen atoms in total. The van der Waals surface area contributed by atoms with Gasteiger partial charge in [0.2, 0.25) is 0 Å². The SMILES string of the molecule is CC(C)(C)NCCC1(C#N)c2ccccc2-c2ccccc21. The zero-order chi connectivity index (χ0) is 15.8. The topological polar surface area (TPSA) is 35.8 Å². The molecule has 1 aliphatic rings. The molecule has 0 radical (unpaired) electrons. The number of fused-ring (bicyclic) bond motifs is 3. The summed E-state index contributed by atoms with van der Waals surface area (Å²) in [5.41, 5.74) is 4.23. The number of nitrogens with one attached hydrogen (secondary N) is 1. The molecular weight excluding hydrogens is 268 g/mol. The Labute approximate surface area is 132 Å². The number of rotatable bonds is 3. The average molecular weight is 290 g/mol. The zero-order valence-electron chi connectivity index (χ0n) is 13.5. The van der Waals surface area contributed by atoms with Crippen LogP contribution in [0.5, 0.6) is 0 Å². The summed E-state index contributed by atoms with van der Waals surface area (Å²) in [4.78, 5) is 0. The lowest BCUT2D eigenvalue weighted by molar-refractivity contribution is 0.405. The molecule has 0 spiro atoms. The van der Waals surface area contributed by atoms with E-state index in [9.17, 15) is 5.26 Å². The Morgan fingerprint density at radius 3 is 1.91 bits per heavy atom. The third-order valence-corrected chi connectivity index (χ3v) is 4.41. The first-order valence-electron chi connectivity index (χ1n) is 7.84. The van der Waals surface area contributed by atoms with E-state index >= 15 is 0 Å². The van der Waals surface area contributed by atoms with Crippen LogP contribution < -0.4 is 5.32 Å². The molecule has 0 saturated heterocycles. The van der Waals surface area contributed by atoms with Crippen LogP contribution in [0.25, 0.3) is 11.1 Å². The largest absolute Gasteiger partial charge is 0.312 e. The van der Waals surface area contributed by atoms with Gasteiger partial charge in [-0.1, -0.05) is 48.5 Å². The van der Waals surface area contributed by atoms with E-state index in [-0.39, 0.29) is 5.54 Å². The van der Waals surface area contributed by atoms with Crippen molar-refractivity contribution in [1.29, 1.82) is 5.26 Å². The summed E-state index contributed by atoms with van der Waals surface area (Å²) in [6, 6.07) is 19.3. The minimum absolute atomic E-state index is 0.0638. The van der Waals surface area contributed by atoms with E-state index in [0.717, 1.165) is 24.1 Å². The molecule has 112 valence electrons. The highest BCUT2D eigenvalue weighted by Crippen LogP contribution is 2.50. The summed E-state index contributed by atoms with van der Waals surface area (Å²) >= 11 is 0. The van der Waals surface area contributed by atoms with Gasteiger partial charge in [0, 0.05) is 5.54 Å². The monoisotopic (exact) mass is 290 g/mol. The van der Waals surface area contributed by atoms with Gasteiger partial charge in [-0.3, -0.25) is 0 Å². The van der Waals surface area contributed by atoms with E-state index in [1.54, 1.807) is 0 Å². The smallest absolute Gasteiger partial charge is 0.109 e. The number of benzene rings is 2. The molecule has 0 aromatic heterocycles.